The Labute approximate surface area is 118 Å². The van der Waals surface area contributed by atoms with Gasteiger partial charge in [0.1, 0.15) is 5.75 Å². The molecule has 0 bridgehead atoms. The van der Waals surface area contributed by atoms with Gasteiger partial charge < -0.3 is 15.5 Å². The van der Waals surface area contributed by atoms with Gasteiger partial charge in [-0.25, -0.2) is 0 Å². The highest BCUT2D eigenvalue weighted by Gasteiger charge is 2.27. The largest absolute Gasteiger partial charge is 0.508 e. The number of aromatic hydroxyl groups is 1. The van der Waals surface area contributed by atoms with Crippen molar-refractivity contribution in [3.05, 3.63) is 65.2 Å². The second kappa shape index (κ2) is 5.65. The summed E-state index contributed by atoms with van der Waals surface area (Å²) in [5.41, 5.74) is 3.21. The number of phenols is 1. The van der Waals surface area contributed by atoms with Crippen LogP contribution >= 0.6 is 0 Å². The number of fused-ring (bicyclic) bond motifs is 1. The molecule has 0 saturated carbocycles. The average molecular weight is 269 g/mol. The van der Waals surface area contributed by atoms with E-state index in [1.54, 1.807) is 6.07 Å². The van der Waals surface area contributed by atoms with Crippen LogP contribution in [0.5, 0.6) is 5.75 Å². The van der Waals surface area contributed by atoms with Gasteiger partial charge in [-0.3, -0.25) is 0 Å². The molecule has 0 unspecified atom stereocenters. The fourth-order valence-electron chi connectivity index (χ4n) is 2.82. The molecule has 1 aliphatic carbocycles. The van der Waals surface area contributed by atoms with E-state index in [0.717, 1.165) is 17.7 Å². The number of hydrogen-bond acceptors (Lipinski definition) is 3. The Hall–Kier alpha value is -1.84. The van der Waals surface area contributed by atoms with E-state index in [1.807, 2.05) is 30.3 Å². The topological polar surface area (TPSA) is 52.5 Å². The maximum Gasteiger partial charge on any atom is 0.119 e. The van der Waals surface area contributed by atoms with Gasteiger partial charge in [0.25, 0.3) is 0 Å². The van der Waals surface area contributed by atoms with Gasteiger partial charge in [-0.2, -0.15) is 0 Å². The Bertz CT molecular complexity index is 583. The second-order valence-corrected chi connectivity index (χ2v) is 5.36. The molecule has 2 aromatic carbocycles. The summed E-state index contributed by atoms with van der Waals surface area (Å²) in [5, 5.41) is 23.6. The SMILES string of the molecule is Oc1cccc2c1C[C@@H](NCc1ccccc1)[C@H](O)C2. The molecular weight excluding hydrogens is 250 g/mol. The summed E-state index contributed by atoms with van der Waals surface area (Å²) in [6, 6.07) is 15.6. The Morgan fingerprint density at radius 2 is 1.80 bits per heavy atom. The lowest BCUT2D eigenvalue weighted by Crippen LogP contribution is -2.45. The number of benzene rings is 2. The number of rotatable bonds is 3. The Kier molecular flexibility index (Phi) is 3.72. The predicted molar refractivity (Wildman–Crippen MR) is 78.6 cm³/mol. The van der Waals surface area contributed by atoms with Crippen molar-refractivity contribution in [2.24, 2.45) is 0 Å². The number of aliphatic hydroxyl groups excluding tert-OH is 1. The molecule has 3 nitrogen and oxygen atoms in total. The number of phenolic OH excluding ortho intramolecular Hbond substituents is 1. The van der Waals surface area contributed by atoms with Crippen LogP contribution in [0, 0.1) is 0 Å². The lowest BCUT2D eigenvalue weighted by Gasteiger charge is -2.31. The maximum atomic E-state index is 10.2. The van der Waals surface area contributed by atoms with Crippen LogP contribution in [-0.4, -0.2) is 22.4 Å². The van der Waals surface area contributed by atoms with E-state index in [4.69, 9.17) is 0 Å². The summed E-state index contributed by atoms with van der Waals surface area (Å²) in [4.78, 5) is 0. The third kappa shape index (κ3) is 2.69. The Balaban J connectivity index is 1.71. The lowest BCUT2D eigenvalue weighted by molar-refractivity contribution is 0.118. The first kappa shape index (κ1) is 13.2. The van der Waals surface area contributed by atoms with E-state index in [0.29, 0.717) is 18.6 Å². The molecule has 0 aromatic heterocycles. The van der Waals surface area contributed by atoms with Gasteiger partial charge in [0.15, 0.2) is 0 Å². The van der Waals surface area contributed by atoms with E-state index < -0.39 is 6.10 Å². The second-order valence-electron chi connectivity index (χ2n) is 5.36. The monoisotopic (exact) mass is 269 g/mol. The van der Waals surface area contributed by atoms with Crippen molar-refractivity contribution in [2.75, 3.05) is 0 Å². The number of hydrogen-bond donors (Lipinski definition) is 3. The number of nitrogens with one attached hydrogen (secondary N) is 1. The Morgan fingerprint density at radius 3 is 2.60 bits per heavy atom. The fraction of sp³-hybridized carbons (Fsp3) is 0.294. The molecule has 0 spiro atoms. The zero-order valence-electron chi connectivity index (χ0n) is 11.3. The van der Waals surface area contributed by atoms with Gasteiger partial charge >= 0.3 is 0 Å². The first-order valence-corrected chi connectivity index (χ1v) is 6.99. The molecular formula is C17H19NO2. The van der Waals surface area contributed by atoms with Crippen molar-refractivity contribution >= 4 is 0 Å². The van der Waals surface area contributed by atoms with Gasteiger partial charge in [0.2, 0.25) is 0 Å². The molecule has 1 aliphatic rings. The minimum absolute atomic E-state index is 0.0176. The quantitative estimate of drug-likeness (QED) is 0.799. The van der Waals surface area contributed by atoms with E-state index in [2.05, 4.69) is 17.4 Å². The van der Waals surface area contributed by atoms with Gasteiger partial charge in [0, 0.05) is 19.0 Å². The smallest absolute Gasteiger partial charge is 0.119 e. The normalized spacial score (nSPS) is 21.4. The zero-order chi connectivity index (χ0) is 13.9. The summed E-state index contributed by atoms with van der Waals surface area (Å²) < 4.78 is 0. The van der Waals surface area contributed by atoms with Crippen LogP contribution in [0.1, 0.15) is 16.7 Å². The molecule has 0 radical (unpaired) electrons. The molecule has 0 heterocycles. The molecule has 0 aliphatic heterocycles. The first-order valence-electron chi connectivity index (χ1n) is 6.99. The van der Waals surface area contributed by atoms with Crippen LogP contribution < -0.4 is 5.32 Å². The van der Waals surface area contributed by atoms with E-state index in [-0.39, 0.29) is 6.04 Å². The summed E-state index contributed by atoms with van der Waals surface area (Å²) in [5.74, 6) is 0.334. The molecule has 3 heteroatoms. The summed E-state index contributed by atoms with van der Waals surface area (Å²) in [6.07, 6.45) is 0.847. The van der Waals surface area contributed by atoms with Crippen molar-refractivity contribution in [3.63, 3.8) is 0 Å². The van der Waals surface area contributed by atoms with Crippen LogP contribution in [0.4, 0.5) is 0 Å². The van der Waals surface area contributed by atoms with Gasteiger partial charge in [0.05, 0.1) is 6.10 Å². The van der Waals surface area contributed by atoms with E-state index in [1.165, 1.54) is 5.56 Å². The summed E-state index contributed by atoms with van der Waals surface area (Å²) in [6.45, 7) is 0.728. The summed E-state index contributed by atoms with van der Waals surface area (Å²) >= 11 is 0. The van der Waals surface area contributed by atoms with Crippen molar-refractivity contribution in [2.45, 2.75) is 31.5 Å². The van der Waals surface area contributed by atoms with Crippen LogP contribution in [0.15, 0.2) is 48.5 Å². The van der Waals surface area contributed by atoms with Crippen LogP contribution in [-0.2, 0) is 19.4 Å². The molecule has 20 heavy (non-hydrogen) atoms. The molecule has 104 valence electrons. The zero-order valence-corrected chi connectivity index (χ0v) is 11.3. The molecule has 2 aromatic rings. The molecule has 3 rings (SSSR count). The van der Waals surface area contributed by atoms with Crippen LogP contribution in [0.3, 0.4) is 0 Å². The lowest BCUT2D eigenvalue weighted by atomic mass is 9.85. The molecule has 0 amide bonds. The Morgan fingerprint density at radius 1 is 1.00 bits per heavy atom. The van der Waals surface area contributed by atoms with Gasteiger partial charge in [-0.05, 0) is 29.2 Å². The third-order valence-electron chi connectivity index (χ3n) is 3.98. The minimum Gasteiger partial charge on any atom is -0.508 e. The molecule has 0 saturated heterocycles. The molecule has 3 N–H and O–H groups in total. The molecule has 0 fully saturated rings. The van der Waals surface area contributed by atoms with Crippen molar-refractivity contribution in [1.82, 2.24) is 5.32 Å². The number of aliphatic hydroxyl groups is 1. The van der Waals surface area contributed by atoms with Crippen LogP contribution in [0.2, 0.25) is 0 Å². The third-order valence-corrected chi connectivity index (χ3v) is 3.98. The molecule has 2 atom stereocenters. The minimum atomic E-state index is -0.409. The first-order chi connectivity index (χ1) is 9.74. The highest BCUT2D eigenvalue weighted by molar-refractivity contribution is 5.42. The van der Waals surface area contributed by atoms with Gasteiger partial charge in [-0.1, -0.05) is 42.5 Å². The van der Waals surface area contributed by atoms with E-state index in [9.17, 15) is 10.2 Å². The highest BCUT2D eigenvalue weighted by atomic mass is 16.3. The standard InChI is InChI=1S/C17H19NO2/c19-16-8-4-7-13-9-17(20)15(10-14(13)16)18-11-12-5-2-1-3-6-12/h1-8,15,17-20H,9-11H2/t15-,17-/m1/s1. The maximum absolute atomic E-state index is 10.2. The predicted octanol–water partition coefficient (Wildman–Crippen LogP) is 2.01. The van der Waals surface area contributed by atoms with Crippen molar-refractivity contribution in [3.8, 4) is 5.75 Å². The van der Waals surface area contributed by atoms with Crippen LogP contribution in [0.25, 0.3) is 0 Å². The average Bonchev–Trinajstić information content (AvgIpc) is 2.47. The van der Waals surface area contributed by atoms with Crippen molar-refractivity contribution < 1.29 is 10.2 Å². The van der Waals surface area contributed by atoms with E-state index >= 15 is 0 Å². The summed E-state index contributed by atoms with van der Waals surface area (Å²) in [7, 11) is 0. The van der Waals surface area contributed by atoms with Gasteiger partial charge in [-0.15, -0.1) is 0 Å². The van der Waals surface area contributed by atoms with Crippen molar-refractivity contribution in [1.29, 1.82) is 0 Å². The fourth-order valence-corrected chi connectivity index (χ4v) is 2.82. The highest BCUT2D eigenvalue weighted by Crippen LogP contribution is 2.29.